The number of amidine groups is 1. The number of nitrogens with one attached hydrogen (secondary N) is 1. The molecule has 9 heteroatoms. The molecule has 1 aromatic heterocycles. The quantitative estimate of drug-likeness (QED) is 0.167. The van der Waals surface area contributed by atoms with Gasteiger partial charge in [-0.3, -0.25) is 9.79 Å². The third kappa shape index (κ3) is 8.47. The molecule has 0 aliphatic rings. The van der Waals surface area contributed by atoms with Crippen molar-refractivity contribution < 1.29 is 14.1 Å². The van der Waals surface area contributed by atoms with Crippen molar-refractivity contribution in [3.05, 3.63) is 53.5 Å². The summed E-state index contributed by atoms with van der Waals surface area (Å²) < 4.78 is 10.4. The smallest absolute Gasteiger partial charge is 0.227 e. The summed E-state index contributed by atoms with van der Waals surface area (Å²) in [6.45, 7) is 5.60. The SMILES string of the molecule is C/C=C(C(N)=NCCCCNC(=O)CCc1nc(-c2ccc(OC)cc2)no1)\C(=C/CC)CN. The summed E-state index contributed by atoms with van der Waals surface area (Å²) in [7, 11) is 1.61. The summed E-state index contributed by atoms with van der Waals surface area (Å²) in [6, 6.07) is 7.38. The van der Waals surface area contributed by atoms with Crippen LogP contribution < -0.4 is 21.5 Å². The van der Waals surface area contributed by atoms with Crippen molar-refractivity contribution in [3.63, 3.8) is 0 Å². The predicted molar refractivity (Wildman–Crippen MR) is 135 cm³/mol. The van der Waals surface area contributed by atoms with E-state index in [1.807, 2.05) is 37.3 Å². The monoisotopic (exact) mass is 468 g/mol. The zero-order valence-electron chi connectivity index (χ0n) is 20.3. The van der Waals surface area contributed by atoms with E-state index in [9.17, 15) is 4.79 Å². The van der Waals surface area contributed by atoms with Crippen LogP contribution in [0.2, 0.25) is 0 Å². The molecular weight excluding hydrogens is 432 g/mol. The highest BCUT2D eigenvalue weighted by atomic mass is 16.5. The number of nitrogens with zero attached hydrogens (tertiary/aromatic N) is 3. The first-order chi connectivity index (χ1) is 16.5. The van der Waals surface area contributed by atoms with Gasteiger partial charge in [-0.25, -0.2) is 0 Å². The molecule has 2 rings (SSSR count). The molecule has 0 spiro atoms. The maximum absolute atomic E-state index is 12.1. The molecule has 0 saturated carbocycles. The van der Waals surface area contributed by atoms with Gasteiger partial charge in [0, 0.05) is 43.6 Å². The van der Waals surface area contributed by atoms with Crippen LogP contribution in [0.15, 0.2) is 57.1 Å². The number of hydrogen-bond donors (Lipinski definition) is 3. The van der Waals surface area contributed by atoms with Crippen LogP contribution in [0.4, 0.5) is 0 Å². The fourth-order valence-electron chi connectivity index (χ4n) is 3.32. The Kier molecular flexibility index (Phi) is 11.5. The molecule has 0 fully saturated rings. The summed E-state index contributed by atoms with van der Waals surface area (Å²) in [4.78, 5) is 20.9. The lowest BCUT2D eigenvalue weighted by molar-refractivity contribution is -0.121. The average molecular weight is 469 g/mol. The molecule has 0 aliphatic carbocycles. The Morgan fingerprint density at radius 3 is 2.68 bits per heavy atom. The minimum Gasteiger partial charge on any atom is -0.497 e. The van der Waals surface area contributed by atoms with Crippen LogP contribution in [0.5, 0.6) is 5.75 Å². The first-order valence-electron chi connectivity index (χ1n) is 11.6. The fourth-order valence-corrected chi connectivity index (χ4v) is 3.32. The lowest BCUT2D eigenvalue weighted by Gasteiger charge is -2.10. The summed E-state index contributed by atoms with van der Waals surface area (Å²) in [5.74, 6) is 2.13. The second-order valence-corrected chi connectivity index (χ2v) is 7.61. The Hall–Kier alpha value is -3.46. The molecule has 0 unspecified atom stereocenters. The molecule has 5 N–H and O–H groups in total. The lowest BCUT2D eigenvalue weighted by Crippen LogP contribution is -2.25. The Labute approximate surface area is 201 Å². The number of amides is 1. The molecule has 0 saturated heterocycles. The molecule has 0 radical (unpaired) electrons. The van der Waals surface area contributed by atoms with Gasteiger partial charge in [-0.05, 0) is 56.0 Å². The van der Waals surface area contributed by atoms with Crippen LogP contribution in [-0.4, -0.2) is 48.6 Å². The number of carbonyl (C=O) groups excluding carboxylic acids is 1. The zero-order valence-corrected chi connectivity index (χ0v) is 20.3. The van der Waals surface area contributed by atoms with E-state index in [1.165, 1.54) is 0 Å². The number of allylic oxidation sites excluding steroid dienone is 2. The Morgan fingerprint density at radius 2 is 2.03 bits per heavy atom. The van der Waals surface area contributed by atoms with Crippen molar-refractivity contribution in [1.82, 2.24) is 15.5 Å². The second kappa shape index (κ2) is 14.6. The third-order valence-electron chi connectivity index (χ3n) is 5.15. The lowest BCUT2D eigenvalue weighted by atomic mass is 10.0. The Balaban J connectivity index is 1.68. The van der Waals surface area contributed by atoms with Crippen molar-refractivity contribution in [2.45, 2.75) is 46.0 Å². The molecule has 0 bridgehead atoms. The van der Waals surface area contributed by atoms with E-state index >= 15 is 0 Å². The Bertz CT molecular complexity index is 992. The number of aliphatic imine (C=N–C) groups is 1. The van der Waals surface area contributed by atoms with E-state index in [2.05, 4.69) is 33.4 Å². The molecule has 1 heterocycles. The van der Waals surface area contributed by atoms with Crippen molar-refractivity contribution in [2.24, 2.45) is 16.5 Å². The number of nitrogens with two attached hydrogens (primary N) is 2. The average Bonchev–Trinajstić information content (AvgIpc) is 3.34. The van der Waals surface area contributed by atoms with Crippen molar-refractivity contribution in [3.8, 4) is 17.1 Å². The molecule has 0 aliphatic heterocycles. The number of carbonyl (C=O) groups is 1. The van der Waals surface area contributed by atoms with Gasteiger partial charge in [0.15, 0.2) is 0 Å². The number of ether oxygens (including phenoxy) is 1. The summed E-state index contributed by atoms with van der Waals surface area (Å²) in [5.41, 5.74) is 14.7. The molecule has 9 nitrogen and oxygen atoms in total. The van der Waals surface area contributed by atoms with E-state index in [0.29, 0.717) is 43.6 Å². The molecule has 2 aromatic rings. The second-order valence-electron chi connectivity index (χ2n) is 7.61. The van der Waals surface area contributed by atoms with Gasteiger partial charge in [0.1, 0.15) is 11.6 Å². The maximum Gasteiger partial charge on any atom is 0.227 e. The van der Waals surface area contributed by atoms with Gasteiger partial charge < -0.3 is 26.0 Å². The molecule has 1 aromatic carbocycles. The first-order valence-corrected chi connectivity index (χ1v) is 11.6. The predicted octanol–water partition coefficient (Wildman–Crippen LogP) is 3.17. The maximum atomic E-state index is 12.1. The van der Waals surface area contributed by atoms with E-state index in [4.69, 9.17) is 20.7 Å². The molecule has 34 heavy (non-hydrogen) atoms. The van der Waals surface area contributed by atoms with Gasteiger partial charge >= 0.3 is 0 Å². The Morgan fingerprint density at radius 1 is 1.26 bits per heavy atom. The number of aryl methyl sites for hydroxylation is 1. The van der Waals surface area contributed by atoms with E-state index in [-0.39, 0.29) is 12.3 Å². The zero-order chi connectivity index (χ0) is 24.8. The van der Waals surface area contributed by atoms with Crippen LogP contribution >= 0.6 is 0 Å². The number of methoxy groups -OCH3 is 1. The highest BCUT2D eigenvalue weighted by molar-refractivity contribution is 6.01. The first kappa shape index (κ1) is 26.8. The van der Waals surface area contributed by atoms with E-state index in [1.54, 1.807) is 7.11 Å². The normalized spacial score (nSPS) is 12.6. The minimum atomic E-state index is -0.0549. The number of rotatable bonds is 14. The van der Waals surface area contributed by atoms with E-state index < -0.39 is 0 Å². The van der Waals surface area contributed by atoms with Gasteiger partial charge in [-0.2, -0.15) is 4.98 Å². The van der Waals surface area contributed by atoms with Gasteiger partial charge in [0.25, 0.3) is 0 Å². The molecule has 1 amide bonds. The number of hydrogen-bond acceptors (Lipinski definition) is 7. The largest absolute Gasteiger partial charge is 0.497 e. The van der Waals surface area contributed by atoms with Crippen LogP contribution in [0.3, 0.4) is 0 Å². The highest BCUT2D eigenvalue weighted by Crippen LogP contribution is 2.20. The molecule has 0 atom stereocenters. The van der Waals surface area contributed by atoms with Crippen LogP contribution in [0.1, 0.15) is 45.4 Å². The van der Waals surface area contributed by atoms with Crippen LogP contribution in [0, 0.1) is 0 Å². The van der Waals surface area contributed by atoms with Crippen LogP contribution in [0.25, 0.3) is 11.4 Å². The minimum absolute atomic E-state index is 0.0549. The summed E-state index contributed by atoms with van der Waals surface area (Å²) in [5, 5.41) is 6.89. The summed E-state index contributed by atoms with van der Waals surface area (Å²) in [6.07, 6.45) is 7.21. The number of benzene rings is 1. The third-order valence-corrected chi connectivity index (χ3v) is 5.15. The van der Waals surface area contributed by atoms with Gasteiger partial charge in [-0.15, -0.1) is 0 Å². The van der Waals surface area contributed by atoms with Crippen LogP contribution in [-0.2, 0) is 11.2 Å². The number of aromatic nitrogens is 2. The summed E-state index contributed by atoms with van der Waals surface area (Å²) >= 11 is 0. The van der Waals surface area contributed by atoms with Crippen molar-refractivity contribution >= 4 is 11.7 Å². The topological polar surface area (TPSA) is 142 Å². The highest BCUT2D eigenvalue weighted by Gasteiger charge is 2.11. The number of unbranched alkanes of at least 4 members (excludes halogenated alkanes) is 1. The van der Waals surface area contributed by atoms with Gasteiger partial charge in [0.05, 0.1) is 7.11 Å². The fraction of sp³-hybridized carbons (Fsp3) is 0.440. The van der Waals surface area contributed by atoms with Gasteiger partial charge in [0.2, 0.25) is 17.6 Å². The molecular formula is C25H36N6O3. The molecule has 184 valence electrons. The van der Waals surface area contributed by atoms with Gasteiger partial charge in [-0.1, -0.05) is 24.2 Å². The standard InChI is InChI=1S/C25H36N6O3/c1-4-8-19(17-26)21(5-2)24(27)29-16-7-6-15-28-22(32)13-14-23-30-25(31-34-23)18-9-11-20(33-3)12-10-18/h5,8-12H,4,6-7,13-17,26H2,1-3H3,(H2,27,29)(H,28,32)/b19-8-,21-5+. The van der Waals surface area contributed by atoms with Crippen molar-refractivity contribution in [2.75, 3.05) is 26.7 Å². The van der Waals surface area contributed by atoms with Crippen molar-refractivity contribution in [1.29, 1.82) is 0 Å². The van der Waals surface area contributed by atoms with E-state index in [0.717, 1.165) is 41.7 Å².